The van der Waals surface area contributed by atoms with Gasteiger partial charge >= 0.3 is 6.09 Å². The van der Waals surface area contributed by atoms with Crippen molar-refractivity contribution in [2.75, 3.05) is 18.4 Å². The number of halogens is 1. The molecule has 1 atom stereocenters. The van der Waals surface area contributed by atoms with Crippen LogP contribution in [0.15, 0.2) is 18.2 Å². The monoisotopic (exact) mass is 324 g/mol. The van der Waals surface area contributed by atoms with Gasteiger partial charge in [0, 0.05) is 18.7 Å². The van der Waals surface area contributed by atoms with E-state index < -0.39 is 23.1 Å². The maximum atomic E-state index is 14.2. The van der Waals surface area contributed by atoms with Crippen molar-refractivity contribution in [3.63, 3.8) is 0 Å². The van der Waals surface area contributed by atoms with Gasteiger partial charge in [-0.15, -0.1) is 0 Å². The topological polar surface area (TPSA) is 70.6 Å². The third-order valence-electron chi connectivity index (χ3n) is 3.67. The van der Waals surface area contributed by atoms with E-state index in [0.717, 1.165) is 13.0 Å². The molecule has 0 radical (unpaired) electrons. The summed E-state index contributed by atoms with van der Waals surface area (Å²) < 4.78 is 19.4. The molecule has 1 aromatic rings. The number of β-amino-alcohol motifs (C(OH)–C–C–N with tert-alkyl or cyclic N) is 1. The number of aliphatic hydroxyl groups is 1. The van der Waals surface area contributed by atoms with Crippen LogP contribution in [0.3, 0.4) is 0 Å². The van der Waals surface area contributed by atoms with Gasteiger partial charge in [-0.3, -0.25) is 5.32 Å². The maximum absolute atomic E-state index is 14.2. The van der Waals surface area contributed by atoms with Crippen LogP contribution in [0, 0.1) is 5.82 Å². The number of hydrogen-bond donors (Lipinski definition) is 3. The fourth-order valence-electron chi connectivity index (χ4n) is 2.65. The number of anilines is 1. The molecule has 6 heteroatoms. The molecule has 0 bridgehead atoms. The molecule has 1 aromatic carbocycles. The average molecular weight is 324 g/mol. The van der Waals surface area contributed by atoms with Gasteiger partial charge in [0.2, 0.25) is 0 Å². The Bertz CT molecular complexity index is 563. The van der Waals surface area contributed by atoms with Crippen LogP contribution in [0.4, 0.5) is 14.9 Å². The Kier molecular flexibility index (Phi) is 5.26. The van der Waals surface area contributed by atoms with Crippen molar-refractivity contribution in [1.82, 2.24) is 5.32 Å². The molecule has 1 heterocycles. The van der Waals surface area contributed by atoms with Crippen molar-refractivity contribution in [3.8, 4) is 0 Å². The second-order valence-corrected chi connectivity index (χ2v) is 7.11. The fourth-order valence-corrected chi connectivity index (χ4v) is 2.65. The summed E-state index contributed by atoms with van der Waals surface area (Å²) in [6.45, 7) is 6.62. The first-order valence-corrected chi connectivity index (χ1v) is 7.88. The Hall–Kier alpha value is -1.66. The highest BCUT2D eigenvalue weighted by molar-refractivity contribution is 5.84. The Morgan fingerprint density at radius 2 is 2.22 bits per heavy atom. The smallest absolute Gasteiger partial charge is 0.412 e. The van der Waals surface area contributed by atoms with Gasteiger partial charge in [0.05, 0.1) is 5.60 Å². The predicted molar refractivity (Wildman–Crippen MR) is 87.0 cm³/mol. The Balaban J connectivity index is 2.01. The van der Waals surface area contributed by atoms with Gasteiger partial charge in [0.15, 0.2) is 0 Å². The molecular formula is C17H25FN2O3. The number of amides is 1. The molecular weight excluding hydrogens is 299 g/mol. The van der Waals surface area contributed by atoms with E-state index in [4.69, 9.17) is 4.74 Å². The lowest BCUT2D eigenvalue weighted by Gasteiger charge is -2.32. The normalized spacial score (nSPS) is 21.8. The number of carbonyl (C=O) groups is 1. The highest BCUT2D eigenvalue weighted by Gasteiger charge is 2.30. The Morgan fingerprint density at radius 1 is 1.48 bits per heavy atom. The average Bonchev–Trinajstić information content (AvgIpc) is 2.40. The first kappa shape index (κ1) is 17.7. The Labute approximate surface area is 136 Å². The SMILES string of the molecule is CC(C)(C)OC(=O)Nc1ccc(CC2(O)CCCNC2)c(F)c1. The van der Waals surface area contributed by atoms with E-state index in [-0.39, 0.29) is 6.42 Å². The van der Waals surface area contributed by atoms with E-state index in [9.17, 15) is 14.3 Å². The molecule has 1 aliphatic rings. The zero-order valence-corrected chi connectivity index (χ0v) is 13.9. The number of rotatable bonds is 3. The van der Waals surface area contributed by atoms with Gasteiger partial charge < -0.3 is 15.2 Å². The lowest BCUT2D eigenvalue weighted by molar-refractivity contribution is 0.0162. The molecule has 0 aliphatic carbocycles. The minimum atomic E-state index is -0.917. The van der Waals surface area contributed by atoms with Crippen LogP contribution in [0.25, 0.3) is 0 Å². The second-order valence-electron chi connectivity index (χ2n) is 7.11. The molecule has 23 heavy (non-hydrogen) atoms. The molecule has 0 spiro atoms. The van der Waals surface area contributed by atoms with Crippen LogP contribution >= 0.6 is 0 Å². The summed E-state index contributed by atoms with van der Waals surface area (Å²) in [5, 5.41) is 16.1. The molecule has 128 valence electrons. The molecule has 3 N–H and O–H groups in total. The van der Waals surface area contributed by atoms with E-state index in [2.05, 4.69) is 10.6 Å². The van der Waals surface area contributed by atoms with Crippen LogP contribution in [0.1, 0.15) is 39.2 Å². The van der Waals surface area contributed by atoms with Crippen LogP contribution in [-0.4, -0.2) is 35.5 Å². The molecule has 0 saturated carbocycles. The zero-order chi connectivity index (χ0) is 17.1. The summed E-state index contributed by atoms with van der Waals surface area (Å²) >= 11 is 0. The van der Waals surface area contributed by atoms with Crippen molar-refractivity contribution in [2.24, 2.45) is 0 Å². The van der Waals surface area contributed by atoms with Crippen molar-refractivity contribution in [2.45, 2.75) is 51.2 Å². The minimum absolute atomic E-state index is 0.249. The van der Waals surface area contributed by atoms with Gasteiger partial charge in [-0.05, 0) is 57.9 Å². The molecule has 5 nitrogen and oxygen atoms in total. The summed E-state index contributed by atoms with van der Waals surface area (Å²) in [5.74, 6) is -0.447. The molecule has 1 amide bonds. The quantitative estimate of drug-likeness (QED) is 0.799. The van der Waals surface area contributed by atoms with Crippen molar-refractivity contribution in [1.29, 1.82) is 0 Å². The summed E-state index contributed by atoms with van der Waals surface area (Å²) in [4.78, 5) is 11.7. The van der Waals surface area contributed by atoms with E-state index >= 15 is 0 Å². The maximum Gasteiger partial charge on any atom is 0.412 e. The minimum Gasteiger partial charge on any atom is -0.444 e. The number of nitrogens with one attached hydrogen (secondary N) is 2. The van der Waals surface area contributed by atoms with E-state index in [0.29, 0.717) is 24.2 Å². The lowest BCUT2D eigenvalue weighted by Crippen LogP contribution is -2.47. The molecule has 1 saturated heterocycles. The Morgan fingerprint density at radius 3 is 2.78 bits per heavy atom. The van der Waals surface area contributed by atoms with Crippen molar-refractivity contribution in [3.05, 3.63) is 29.6 Å². The van der Waals surface area contributed by atoms with E-state index in [1.165, 1.54) is 6.07 Å². The van der Waals surface area contributed by atoms with Gasteiger partial charge in [-0.25, -0.2) is 9.18 Å². The van der Waals surface area contributed by atoms with Gasteiger partial charge in [0.25, 0.3) is 0 Å². The number of piperidine rings is 1. The molecule has 1 aliphatic heterocycles. The van der Waals surface area contributed by atoms with Gasteiger partial charge in [0.1, 0.15) is 11.4 Å². The molecule has 0 aromatic heterocycles. The summed E-state index contributed by atoms with van der Waals surface area (Å²) in [6, 6.07) is 4.45. The predicted octanol–water partition coefficient (Wildman–Crippen LogP) is 2.83. The van der Waals surface area contributed by atoms with Gasteiger partial charge in [-0.1, -0.05) is 6.07 Å². The first-order chi connectivity index (χ1) is 10.7. The highest BCUT2D eigenvalue weighted by Crippen LogP contribution is 2.24. The summed E-state index contributed by atoms with van der Waals surface area (Å²) in [6.07, 6.45) is 1.14. The van der Waals surface area contributed by atoms with Crippen molar-refractivity contribution < 1.29 is 19.0 Å². The van der Waals surface area contributed by atoms with Crippen LogP contribution < -0.4 is 10.6 Å². The molecule has 1 unspecified atom stereocenters. The van der Waals surface area contributed by atoms with Crippen LogP contribution in [0.2, 0.25) is 0 Å². The van der Waals surface area contributed by atoms with Crippen molar-refractivity contribution >= 4 is 11.8 Å². The standard InChI is InChI=1S/C17H25FN2O3/c1-16(2,3)23-15(21)20-13-6-5-12(14(18)9-13)10-17(22)7-4-8-19-11-17/h5-6,9,19,22H,4,7-8,10-11H2,1-3H3,(H,20,21). The third kappa shape index (κ3) is 5.48. The summed E-state index contributed by atoms with van der Waals surface area (Å²) in [5.41, 5.74) is -0.765. The van der Waals surface area contributed by atoms with Crippen LogP contribution in [0.5, 0.6) is 0 Å². The largest absolute Gasteiger partial charge is 0.444 e. The highest BCUT2D eigenvalue weighted by atomic mass is 19.1. The van der Waals surface area contributed by atoms with E-state index in [1.807, 2.05) is 0 Å². The first-order valence-electron chi connectivity index (χ1n) is 7.88. The molecule has 1 fully saturated rings. The zero-order valence-electron chi connectivity index (χ0n) is 13.9. The number of hydrogen-bond acceptors (Lipinski definition) is 4. The summed E-state index contributed by atoms with van der Waals surface area (Å²) in [7, 11) is 0. The number of benzene rings is 1. The third-order valence-corrected chi connectivity index (χ3v) is 3.67. The second kappa shape index (κ2) is 6.84. The molecule has 2 rings (SSSR count). The number of carbonyl (C=O) groups excluding carboxylic acids is 1. The van der Waals surface area contributed by atoms with E-state index in [1.54, 1.807) is 32.9 Å². The lowest BCUT2D eigenvalue weighted by atomic mass is 9.87. The van der Waals surface area contributed by atoms with Crippen LogP contribution in [-0.2, 0) is 11.2 Å². The fraction of sp³-hybridized carbons (Fsp3) is 0.588. The number of ether oxygens (including phenoxy) is 1. The van der Waals surface area contributed by atoms with Gasteiger partial charge in [-0.2, -0.15) is 0 Å².